The Morgan fingerprint density at radius 1 is 1.19 bits per heavy atom. The van der Waals surface area contributed by atoms with Crippen molar-refractivity contribution >= 4 is 21.9 Å². The Labute approximate surface area is 168 Å². The Hall–Kier alpha value is -2.05. The summed E-state index contributed by atoms with van der Waals surface area (Å²) in [6.45, 7) is 2.79. The van der Waals surface area contributed by atoms with E-state index in [0.29, 0.717) is 17.9 Å². The number of carbonyl (C=O) groups is 1. The SMILES string of the molecule is COc1cc(Br)c(C(c2ccccc2C)N2CCCC2C(=O)O)cc1OC. The van der Waals surface area contributed by atoms with Crippen LogP contribution in [0, 0.1) is 6.92 Å². The third kappa shape index (κ3) is 3.82. The number of halogens is 1. The summed E-state index contributed by atoms with van der Waals surface area (Å²) in [4.78, 5) is 14.0. The quantitative estimate of drug-likeness (QED) is 0.730. The van der Waals surface area contributed by atoms with E-state index >= 15 is 0 Å². The molecule has 2 aromatic rings. The van der Waals surface area contributed by atoms with Gasteiger partial charge in [-0.3, -0.25) is 9.69 Å². The van der Waals surface area contributed by atoms with Crippen molar-refractivity contribution in [3.05, 3.63) is 57.6 Å². The number of methoxy groups -OCH3 is 2. The average Bonchev–Trinajstić information content (AvgIpc) is 3.14. The van der Waals surface area contributed by atoms with Crippen LogP contribution in [0.3, 0.4) is 0 Å². The number of likely N-dealkylation sites (tertiary alicyclic amines) is 1. The van der Waals surface area contributed by atoms with Crippen LogP contribution in [0.2, 0.25) is 0 Å². The van der Waals surface area contributed by atoms with E-state index in [2.05, 4.69) is 39.9 Å². The maximum atomic E-state index is 11.9. The molecule has 0 bridgehead atoms. The zero-order valence-corrected chi connectivity index (χ0v) is 17.3. The molecule has 1 N–H and O–H groups in total. The molecule has 144 valence electrons. The molecule has 0 radical (unpaired) electrons. The van der Waals surface area contributed by atoms with Crippen LogP contribution in [0.15, 0.2) is 40.9 Å². The van der Waals surface area contributed by atoms with Crippen LogP contribution in [0.25, 0.3) is 0 Å². The second-order valence-corrected chi connectivity index (χ2v) is 7.58. The number of hydrogen-bond acceptors (Lipinski definition) is 4. The van der Waals surface area contributed by atoms with Gasteiger partial charge in [-0.1, -0.05) is 40.2 Å². The highest BCUT2D eigenvalue weighted by Gasteiger charge is 2.38. The summed E-state index contributed by atoms with van der Waals surface area (Å²) in [7, 11) is 3.21. The average molecular weight is 434 g/mol. The third-order valence-electron chi connectivity index (χ3n) is 5.19. The maximum absolute atomic E-state index is 11.9. The number of carboxylic acid groups (broad SMARTS) is 1. The first-order valence-electron chi connectivity index (χ1n) is 8.93. The molecule has 2 atom stereocenters. The van der Waals surface area contributed by atoms with Gasteiger partial charge in [0.15, 0.2) is 11.5 Å². The fourth-order valence-corrected chi connectivity index (χ4v) is 4.40. The van der Waals surface area contributed by atoms with Crippen LogP contribution in [0.1, 0.15) is 35.6 Å². The highest BCUT2D eigenvalue weighted by atomic mass is 79.9. The van der Waals surface area contributed by atoms with Crippen molar-refractivity contribution in [3.63, 3.8) is 0 Å². The van der Waals surface area contributed by atoms with Crippen LogP contribution in [0.5, 0.6) is 11.5 Å². The minimum Gasteiger partial charge on any atom is -0.493 e. The first kappa shape index (κ1) is 19.7. The molecule has 1 saturated heterocycles. The van der Waals surface area contributed by atoms with Crippen molar-refractivity contribution < 1.29 is 19.4 Å². The number of aliphatic carboxylic acids is 1. The molecule has 1 fully saturated rings. The number of hydrogen-bond donors (Lipinski definition) is 1. The normalized spacial score (nSPS) is 18.3. The van der Waals surface area contributed by atoms with Crippen molar-refractivity contribution in [1.29, 1.82) is 0 Å². The van der Waals surface area contributed by atoms with Gasteiger partial charge in [0.05, 0.1) is 20.3 Å². The topological polar surface area (TPSA) is 59.0 Å². The Morgan fingerprint density at radius 2 is 1.85 bits per heavy atom. The molecule has 6 heteroatoms. The summed E-state index contributed by atoms with van der Waals surface area (Å²) in [5.74, 6) is 0.482. The summed E-state index contributed by atoms with van der Waals surface area (Å²) in [5.41, 5.74) is 3.19. The van der Waals surface area contributed by atoms with Gasteiger partial charge in [-0.15, -0.1) is 0 Å². The van der Waals surface area contributed by atoms with E-state index in [-0.39, 0.29) is 6.04 Å². The minimum absolute atomic E-state index is 0.191. The van der Waals surface area contributed by atoms with Gasteiger partial charge in [0, 0.05) is 11.0 Å². The van der Waals surface area contributed by atoms with Crippen LogP contribution in [0.4, 0.5) is 0 Å². The number of rotatable bonds is 6. The first-order valence-corrected chi connectivity index (χ1v) is 9.72. The van der Waals surface area contributed by atoms with Crippen LogP contribution in [-0.2, 0) is 4.79 Å². The maximum Gasteiger partial charge on any atom is 0.320 e. The van der Waals surface area contributed by atoms with Crippen LogP contribution >= 0.6 is 15.9 Å². The molecule has 1 aliphatic rings. The van der Waals surface area contributed by atoms with E-state index < -0.39 is 12.0 Å². The number of aryl methyl sites for hydroxylation is 1. The zero-order chi connectivity index (χ0) is 19.6. The predicted octanol–water partition coefficient (Wildman–Crippen LogP) is 4.41. The first-order chi connectivity index (χ1) is 13.0. The van der Waals surface area contributed by atoms with Crippen LogP contribution in [-0.4, -0.2) is 42.8 Å². The van der Waals surface area contributed by atoms with Crippen molar-refractivity contribution in [1.82, 2.24) is 4.90 Å². The minimum atomic E-state index is -0.775. The van der Waals surface area contributed by atoms with Gasteiger partial charge in [0.25, 0.3) is 0 Å². The molecule has 5 nitrogen and oxygen atoms in total. The van der Waals surface area contributed by atoms with Crippen molar-refractivity contribution in [3.8, 4) is 11.5 Å². The van der Waals surface area contributed by atoms with Crippen LogP contribution < -0.4 is 9.47 Å². The summed E-state index contributed by atoms with van der Waals surface area (Å²) in [6.07, 6.45) is 1.52. The van der Waals surface area contributed by atoms with E-state index in [1.54, 1.807) is 14.2 Å². The van der Waals surface area contributed by atoms with E-state index in [0.717, 1.165) is 34.1 Å². The van der Waals surface area contributed by atoms with Gasteiger partial charge in [-0.25, -0.2) is 0 Å². The lowest BCUT2D eigenvalue weighted by Gasteiger charge is -2.33. The molecule has 2 unspecified atom stereocenters. The van der Waals surface area contributed by atoms with Gasteiger partial charge in [-0.05, 0) is 48.6 Å². The molecule has 27 heavy (non-hydrogen) atoms. The zero-order valence-electron chi connectivity index (χ0n) is 15.7. The second kappa shape index (κ2) is 8.31. The Kier molecular flexibility index (Phi) is 6.07. The monoisotopic (exact) mass is 433 g/mol. The lowest BCUT2D eigenvalue weighted by molar-refractivity contribution is -0.142. The lowest BCUT2D eigenvalue weighted by Crippen LogP contribution is -2.39. The Morgan fingerprint density at radius 3 is 2.48 bits per heavy atom. The number of ether oxygens (including phenoxy) is 2. The van der Waals surface area contributed by atoms with Crippen molar-refractivity contribution in [2.75, 3.05) is 20.8 Å². The van der Waals surface area contributed by atoms with E-state index in [4.69, 9.17) is 9.47 Å². The molecular weight excluding hydrogens is 410 g/mol. The van der Waals surface area contributed by atoms with Gasteiger partial charge in [0.1, 0.15) is 6.04 Å². The summed E-state index contributed by atoms with van der Waals surface area (Å²) >= 11 is 3.67. The van der Waals surface area contributed by atoms with Gasteiger partial charge < -0.3 is 14.6 Å². The largest absolute Gasteiger partial charge is 0.493 e. The molecule has 2 aromatic carbocycles. The third-order valence-corrected chi connectivity index (χ3v) is 5.88. The highest BCUT2D eigenvalue weighted by Crippen LogP contribution is 2.43. The molecule has 1 heterocycles. The standard InChI is InChI=1S/C21H24BrNO4/c1-13-7-4-5-8-14(13)20(23-10-6-9-17(23)21(24)25)15-11-18(26-2)19(27-3)12-16(15)22/h4-5,7-8,11-12,17,20H,6,9-10H2,1-3H3,(H,24,25). The molecule has 1 aliphatic heterocycles. The molecule has 3 rings (SSSR count). The summed E-state index contributed by atoms with van der Waals surface area (Å²) in [5, 5.41) is 9.75. The van der Waals surface area contributed by atoms with E-state index in [9.17, 15) is 9.90 Å². The van der Waals surface area contributed by atoms with E-state index in [1.165, 1.54) is 0 Å². The molecule has 0 aliphatic carbocycles. The Bertz CT molecular complexity index is 839. The van der Waals surface area contributed by atoms with E-state index in [1.807, 2.05) is 24.3 Å². The Balaban J connectivity index is 2.19. The molecule has 0 saturated carbocycles. The summed E-state index contributed by atoms with van der Waals surface area (Å²) in [6, 6.07) is 11.2. The summed E-state index contributed by atoms with van der Waals surface area (Å²) < 4.78 is 11.8. The lowest BCUT2D eigenvalue weighted by atomic mass is 9.92. The molecule has 0 amide bonds. The van der Waals surface area contributed by atoms with Gasteiger partial charge in [-0.2, -0.15) is 0 Å². The van der Waals surface area contributed by atoms with Crippen molar-refractivity contribution in [2.24, 2.45) is 0 Å². The van der Waals surface area contributed by atoms with Gasteiger partial charge >= 0.3 is 5.97 Å². The molecule has 0 aromatic heterocycles. The fourth-order valence-electron chi connectivity index (χ4n) is 3.86. The number of benzene rings is 2. The molecule has 0 spiro atoms. The molecular formula is C21H24BrNO4. The highest BCUT2D eigenvalue weighted by molar-refractivity contribution is 9.10. The van der Waals surface area contributed by atoms with Gasteiger partial charge in [0.2, 0.25) is 0 Å². The second-order valence-electron chi connectivity index (χ2n) is 6.72. The fraction of sp³-hybridized carbons (Fsp3) is 0.381. The number of carboxylic acids is 1. The predicted molar refractivity (Wildman–Crippen MR) is 108 cm³/mol. The smallest absolute Gasteiger partial charge is 0.320 e. The number of nitrogens with zero attached hydrogens (tertiary/aromatic N) is 1. The van der Waals surface area contributed by atoms with Crippen molar-refractivity contribution in [2.45, 2.75) is 31.8 Å².